The van der Waals surface area contributed by atoms with Crippen LogP contribution in [0, 0.1) is 13.8 Å². The number of nitrogen functional groups attached to an aromatic ring is 1. The molecule has 0 spiro atoms. The van der Waals surface area contributed by atoms with Gasteiger partial charge in [-0.1, -0.05) is 23.8 Å². The largest absolute Gasteiger partial charge is 0.384 e. The van der Waals surface area contributed by atoms with Crippen molar-refractivity contribution in [2.75, 3.05) is 5.73 Å². The van der Waals surface area contributed by atoms with Crippen LogP contribution in [-0.4, -0.2) is 10.7 Å². The van der Waals surface area contributed by atoms with Crippen LogP contribution >= 0.6 is 0 Å². The molecule has 1 heterocycles. The maximum absolute atomic E-state index is 5.67. The molecule has 3 nitrogen and oxygen atoms in total. The summed E-state index contributed by atoms with van der Waals surface area (Å²) in [4.78, 5) is 8.87. The second kappa shape index (κ2) is 5.00. The molecule has 3 heteroatoms. The molecule has 0 radical (unpaired) electrons. The van der Waals surface area contributed by atoms with Crippen molar-refractivity contribution in [1.82, 2.24) is 4.98 Å². The normalized spacial score (nSPS) is 11.6. The summed E-state index contributed by atoms with van der Waals surface area (Å²) in [5.74, 6) is 0.516. The van der Waals surface area contributed by atoms with Crippen molar-refractivity contribution in [3.05, 3.63) is 53.2 Å². The molecular formula is C15H17N3. The van der Waals surface area contributed by atoms with Crippen LogP contribution in [-0.2, 0) is 0 Å². The first kappa shape index (κ1) is 12.3. The molecule has 0 amide bonds. The average Bonchev–Trinajstić information content (AvgIpc) is 2.32. The Kier molecular flexibility index (Phi) is 3.42. The molecule has 1 aromatic carbocycles. The number of hydrogen-bond acceptors (Lipinski definition) is 3. The van der Waals surface area contributed by atoms with Crippen LogP contribution in [0.25, 0.3) is 0 Å². The van der Waals surface area contributed by atoms with Crippen LogP contribution in [0.2, 0.25) is 0 Å². The van der Waals surface area contributed by atoms with Crippen LogP contribution in [0.1, 0.15) is 23.7 Å². The number of pyridine rings is 1. The molecule has 0 saturated heterocycles. The highest BCUT2D eigenvalue weighted by Crippen LogP contribution is 2.20. The number of aryl methyl sites for hydroxylation is 2. The number of anilines is 1. The molecule has 18 heavy (non-hydrogen) atoms. The summed E-state index contributed by atoms with van der Waals surface area (Å²) in [7, 11) is 0. The molecular weight excluding hydrogens is 222 g/mol. The monoisotopic (exact) mass is 239 g/mol. The van der Waals surface area contributed by atoms with Crippen molar-refractivity contribution in [3.63, 3.8) is 0 Å². The zero-order valence-corrected chi connectivity index (χ0v) is 10.9. The van der Waals surface area contributed by atoms with E-state index in [0.29, 0.717) is 5.82 Å². The zero-order chi connectivity index (χ0) is 13.1. The second-order valence-corrected chi connectivity index (χ2v) is 4.43. The predicted octanol–water partition coefficient (Wildman–Crippen LogP) is 3.42. The lowest BCUT2D eigenvalue weighted by Crippen LogP contribution is -2.00. The first-order valence-electron chi connectivity index (χ1n) is 5.92. The molecule has 0 aliphatic heterocycles. The van der Waals surface area contributed by atoms with Gasteiger partial charge in [0.05, 0.1) is 17.1 Å². The highest BCUT2D eigenvalue weighted by molar-refractivity contribution is 5.99. The van der Waals surface area contributed by atoms with E-state index in [4.69, 9.17) is 5.73 Å². The topological polar surface area (TPSA) is 51.3 Å². The lowest BCUT2D eigenvalue weighted by atomic mass is 10.1. The van der Waals surface area contributed by atoms with Crippen LogP contribution < -0.4 is 5.73 Å². The van der Waals surface area contributed by atoms with Crippen LogP contribution in [0.15, 0.2) is 41.4 Å². The van der Waals surface area contributed by atoms with E-state index in [1.54, 1.807) is 6.07 Å². The number of aromatic nitrogens is 1. The van der Waals surface area contributed by atoms with Crippen molar-refractivity contribution in [3.8, 4) is 0 Å². The molecule has 2 aromatic rings. The van der Waals surface area contributed by atoms with Crippen LogP contribution in [0.3, 0.4) is 0 Å². The van der Waals surface area contributed by atoms with E-state index in [1.807, 2.05) is 25.1 Å². The fraction of sp³-hybridized carbons (Fsp3) is 0.200. The number of hydrogen-bond donors (Lipinski definition) is 1. The Morgan fingerprint density at radius 2 is 1.94 bits per heavy atom. The Balaban J connectivity index is 2.38. The molecule has 0 atom stereocenters. The van der Waals surface area contributed by atoms with Crippen molar-refractivity contribution in [2.24, 2.45) is 4.99 Å². The van der Waals surface area contributed by atoms with Gasteiger partial charge in [-0.2, -0.15) is 0 Å². The highest BCUT2D eigenvalue weighted by Gasteiger charge is 2.02. The van der Waals surface area contributed by atoms with E-state index in [2.05, 4.69) is 36.0 Å². The Labute approximate surface area is 107 Å². The predicted molar refractivity (Wildman–Crippen MR) is 76.4 cm³/mol. The van der Waals surface area contributed by atoms with Gasteiger partial charge in [0.25, 0.3) is 0 Å². The Morgan fingerprint density at radius 3 is 2.61 bits per heavy atom. The second-order valence-electron chi connectivity index (χ2n) is 4.43. The lowest BCUT2D eigenvalue weighted by Gasteiger charge is -2.04. The van der Waals surface area contributed by atoms with E-state index in [0.717, 1.165) is 17.1 Å². The Hall–Kier alpha value is -2.16. The minimum absolute atomic E-state index is 0.516. The van der Waals surface area contributed by atoms with Gasteiger partial charge < -0.3 is 5.73 Å². The fourth-order valence-corrected chi connectivity index (χ4v) is 1.82. The molecule has 0 saturated carbocycles. The van der Waals surface area contributed by atoms with Gasteiger partial charge in [0.2, 0.25) is 0 Å². The van der Waals surface area contributed by atoms with E-state index < -0.39 is 0 Å². The molecule has 1 aromatic heterocycles. The summed E-state index contributed by atoms with van der Waals surface area (Å²) < 4.78 is 0. The van der Waals surface area contributed by atoms with Gasteiger partial charge in [-0.3, -0.25) is 4.99 Å². The summed E-state index contributed by atoms with van der Waals surface area (Å²) in [6.07, 6.45) is 0. The third-order valence-corrected chi connectivity index (χ3v) is 2.78. The van der Waals surface area contributed by atoms with Crippen molar-refractivity contribution in [1.29, 1.82) is 0 Å². The first-order valence-corrected chi connectivity index (χ1v) is 5.92. The molecule has 0 bridgehead atoms. The smallest absolute Gasteiger partial charge is 0.124 e. The molecule has 92 valence electrons. The molecule has 2 N–H and O–H groups in total. The highest BCUT2D eigenvalue weighted by atomic mass is 14.9. The number of benzene rings is 1. The Bertz CT molecular complexity index is 600. The fourth-order valence-electron chi connectivity index (χ4n) is 1.82. The van der Waals surface area contributed by atoms with E-state index in [9.17, 15) is 0 Å². The minimum Gasteiger partial charge on any atom is -0.384 e. The number of nitrogens with zero attached hydrogens (tertiary/aromatic N) is 2. The number of rotatable bonds is 2. The summed E-state index contributed by atoms with van der Waals surface area (Å²) in [6, 6.07) is 11.8. The first-order chi connectivity index (χ1) is 8.56. The van der Waals surface area contributed by atoms with Gasteiger partial charge in [-0.05, 0) is 44.5 Å². The van der Waals surface area contributed by atoms with Gasteiger partial charge in [0, 0.05) is 0 Å². The van der Waals surface area contributed by atoms with Crippen molar-refractivity contribution < 1.29 is 0 Å². The zero-order valence-electron chi connectivity index (χ0n) is 10.9. The van der Waals surface area contributed by atoms with Crippen molar-refractivity contribution >= 4 is 17.2 Å². The van der Waals surface area contributed by atoms with Gasteiger partial charge in [0.15, 0.2) is 0 Å². The number of nitrogens with two attached hydrogens (primary N) is 1. The van der Waals surface area contributed by atoms with E-state index in [-0.39, 0.29) is 0 Å². The third kappa shape index (κ3) is 2.74. The van der Waals surface area contributed by atoms with E-state index >= 15 is 0 Å². The molecule has 0 unspecified atom stereocenters. The van der Waals surface area contributed by atoms with E-state index in [1.165, 1.54) is 11.1 Å². The average molecular weight is 239 g/mol. The SMILES string of the molecule is CC(=Nc1ccc(C)cc1C)c1cccc(N)n1. The summed E-state index contributed by atoms with van der Waals surface area (Å²) in [5, 5.41) is 0. The maximum Gasteiger partial charge on any atom is 0.124 e. The van der Waals surface area contributed by atoms with Gasteiger partial charge in [-0.15, -0.1) is 0 Å². The Morgan fingerprint density at radius 1 is 1.17 bits per heavy atom. The molecule has 0 aliphatic carbocycles. The number of aliphatic imine (C=N–C) groups is 1. The molecule has 0 fully saturated rings. The summed E-state index contributed by atoms with van der Waals surface area (Å²) in [6.45, 7) is 6.08. The third-order valence-electron chi connectivity index (χ3n) is 2.78. The standard InChI is InChI=1S/C15H17N3/c1-10-7-8-13(11(2)9-10)17-12(3)14-5-4-6-15(16)18-14/h4-9H,1-3H3,(H2,16,18). The van der Waals surface area contributed by atoms with Gasteiger partial charge in [-0.25, -0.2) is 4.98 Å². The summed E-state index contributed by atoms with van der Waals surface area (Å²) in [5.41, 5.74) is 10.7. The maximum atomic E-state index is 5.67. The van der Waals surface area contributed by atoms with Crippen LogP contribution in [0.4, 0.5) is 11.5 Å². The van der Waals surface area contributed by atoms with Gasteiger partial charge in [0.1, 0.15) is 5.82 Å². The quantitative estimate of drug-likeness (QED) is 0.816. The molecule has 0 aliphatic rings. The molecule has 2 rings (SSSR count). The summed E-state index contributed by atoms with van der Waals surface area (Å²) >= 11 is 0. The van der Waals surface area contributed by atoms with Gasteiger partial charge >= 0.3 is 0 Å². The van der Waals surface area contributed by atoms with Crippen LogP contribution in [0.5, 0.6) is 0 Å². The van der Waals surface area contributed by atoms with Crippen molar-refractivity contribution in [2.45, 2.75) is 20.8 Å². The minimum atomic E-state index is 0.516. The lowest BCUT2D eigenvalue weighted by molar-refractivity contribution is 1.28.